The highest BCUT2D eigenvalue weighted by molar-refractivity contribution is 5.73. The molecule has 0 heterocycles. The van der Waals surface area contributed by atoms with E-state index < -0.39 is 0 Å². The molecule has 0 atom stereocenters. The SMILES string of the molecule is CCC1CCC(NC(C)=O)CC1. The van der Waals surface area contributed by atoms with Gasteiger partial charge in [0.2, 0.25) is 5.91 Å². The van der Waals surface area contributed by atoms with Crippen molar-refractivity contribution in [1.82, 2.24) is 5.32 Å². The van der Waals surface area contributed by atoms with Crippen LogP contribution in [-0.2, 0) is 4.79 Å². The summed E-state index contributed by atoms with van der Waals surface area (Å²) in [6.45, 7) is 3.86. The van der Waals surface area contributed by atoms with Crippen LogP contribution in [0.1, 0.15) is 46.0 Å². The number of rotatable bonds is 2. The van der Waals surface area contributed by atoms with E-state index in [-0.39, 0.29) is 5.91 Å². The van der Waals surface area contributed by atoms with Gasteiger partial charge in [-0.1, -0.05) is 13.3 Å². The van der Waals surface area contributed by atoms with E-state index in [1.165, 1.54) is 32.1 Å². The van der Waals surface area contributed by atoms with Gasteiger partial charge in [0.25, 0.3) is 0 Å². The Morgan fingerprint density at radius 1 is 1.33 bits per heavy atom. The summed E-state index contributed by atoms with van der Waals surface area (Å²) in [6.07, 6.45) is 6.24. The first-order valence-electron chi connectivity index (χ1n) is 4.99. The lowest BCUT2D eigenvalue weighted by molar-refractivity contribution is -0.119. The Morgan fingerprint density at radius 2 is 1.92 bits per heavy atom. The molecule has 12 heavy (non-hydrogen) atoms. The molecule has 0 radical (unpaired) electrons. The minimum atomic E-state index is 0.120. The molecule has 0 aromatic heterocycles. The minimum absolute atomic E-state index is 0.120. The van der Waals surface area contributed by atoms with Gasteiger partial charge in [0, 0.05) is 13.0 Å². The fourth-order valence-electron chi connectivity index (χ4n) is 2.00. The van der Waals surface area contributed by atoms with Gasteiger partial charge in [-0.15, -0.1) is 0 Å². The van der Waals surface area contributed by atoms with E-state index >= 15 is 0 Å². The van der Waals surface area contributed by atoms with E-state index in [0.29, 0.717) is 6.04 Å². The quantitative estimate of drug-likeness (QED) is 0.673. The molecule has 0 aromatic carbocycles. The predicted molar refractivity (Wildman–Crippen MR) is 49.9 cm³/mol. The van der Waals surface area contributed by atoms with Crippen LogP contribution in [0.4, 0.5) is 0 Å². The fourth-order valence-corrected chi connectivity index (χ4v) is 2.00. The summed E-state index contributed by atoms with van der Waals surface area (Å²) in [5.41, 5.74) is 0. The maximum absolute atomic E-state index is 10.8. The molecule has 1 saturated carbocycles. The monoisotopic (exact) mass is 169 g/mol. The lowest BCUT2D eigenvalue weighted by Gasteiger charge is -2.27. The first-order valence-corrected chi connectivity index (χ1v) is 4.99. The van der Waals surface area contributed by atoms with Gasteiger partial charge in [0.15, 0.2) is 0 Å². The Bertz CT molecular complexity index is 148. The normalized spacial score (nSPS) is 29.8. The summed E-state index contributed by atoms with van der Waals surface area (Å²) in [6, 6.07) is 0.463. The van der Waals surface area contributed by atoms with Crippen LogP contribution in [0.2, 0.25) is 0 Å². The van der Waals surface area contributed by atoms with Crippen molar-refractivity contribution in [2.75, 3.05) is 0 Å². The molecule has 1 aliphatic rings. The van der Waals surface area contributed by atoms with Gasteiger partial charge in [-0.05, 0) is 31.6 Å². The molecule has 70 valence electrons. The first kappa shape index (κ1) is 9.56. The zero-order valence-electron chi connectivity index (χ0n) is 8.10. The largest absolute Gasteiger partial charge is 0.354 e. The molecular formula is C10H19NO. The van der Waals surface area contributed by atoms with Crippen molar-refractivity contribution in [3.8, 4) is 0 Å². The molecule has 0 aliphatic heterocycles. The molecule has 0 aromatic rings. The van der Waals surface area contributed by atoms with Crippen LogP contribution in [0, 0.1) is 5.92 Å². The standard InChI is InChI=1S/C10H19NO/c1-3-9-4-6-10(7-5-9)11-8(2)12/h9-10H,3-7H2,1-2H3,(H,11,12). The number of carbonyl (C=O) groups excluding carboxylic acids is 1. The summed E-state index contributed by atoms with van der Waals surface area (Å²) in [7, 11) is 0. The Hall–Kier alpha value is -0.530. The zero-order valence-corrected chi connectivity index (χ0v) is 8.10. The van der Waals surface area contributed by atoms with E-state index in [1.807, 2.05) is 0 Å². The summed E-state index contributed by atoms with van der Waals surface area (Å²) in [5.74, 6) is 1.03. The van der Waals surface area contributed by atoms with Crippen molar-refractivity contribution in [3.05, 3.63) is 0 Å². The molecule has 0 saturated heterocycles. The van der Waals surface area contributed by atoms with Gasteiger partial charge < -0.3 is 5.32 Å². The van der Waals surface area contributed by atoms with Crippen LogP contribution in [-0.4, -0.2) is 11.9 Å². The molecule has 1 amide bonds. The molecule has 1 rings (SSSR count). The van der Waals surface area contributed by atoms with Crippen molar-refractivity contribution in [1.29, 1.82) is 0 Å². The third-order valence-corrected chi connectivity index (χ3v) is 2.83. The Morgan fingerprint density at radius 3 is 2.33 bits per heavy atom. The van der Waals surface area contributed by atoms with Crippen molar-refractivity contribution in [2.24, 2.45) is 5.92 Å². The molecule has 0 spiro atoms. The summed E-state index contributed by atoms with van der Waals surface area (Å²) < 4.78 is 0. The summed E-state index contributed by atoms with van der Waals surface area (Å²) >= 11 is 0. The van der Waals surface area contributed by atoms with Crippen LogP contribution in [0.5, 0.6) is 0 Å². The molecule has 0 unspecified atom stereocenters. The van der Waals surface area contributed by atoms with Crippen molar-refractivity contribution >= 4 is 5.91 Å². The van der Waals surface area contributed by atoms with Gasteiger partial charge >= 0.3 is 0 Å². The van der Waals surface area contributed by atoms with Gasteiger partial charge in [-0.25, -0.2) is 0 Å². The van der Waals surface area contributed by atoms with Crippen LogP contribution in [0.25, 0.3) is 0 Å². The van der Waals surface area contributed by atoms with E-state index in [9.17, 15) is 4.79 Å². The van der Waals surface area contributed by atoms with Crippen LogP contribution in [0.3, 0.4) is 0 Å². The smallest absolute Gasteiger partial charge is 0.217 e. The topological polar surface area (TPSA) is 29.1 Å². The van der Waals surface area contributed by atoms with E-state index in [4.69, 9.17) is 0 Å². The summed E-state index contributed by atoms with van der Waals surface area (Å²) in [4.78, 5) is 10.8. The zero-order chi connectivity index (χ0) is 8.97. The highest BCUT2D eigenvalue weighted by Gasteiger charge is 2.19. The van der Waals surface area contributed by atoms with E-state index in [0.717, 1.165) is 5.92 Å². The second-order valence-corrected chi connectivity index (χ2v) is 3.83. The van der Waals surface area contributed by atoms with Crippen molar-refractivity contribution < 1.29 is 4.79 Å². The summed E-state index contributed by atoms with van der Waals surface area (Å²) in [5, 5.41) is 2.99. The highest BCUT2D eigenvalue weighted by atomic mass is 16.1. The molecular weight excluding hydrogens is 150 g/mol. The van der Waals surface area contributed by atoms with Gasteiger partial charge in [0.1, 0.15) is 0 Å². The number of hydrogen-bond donors (Lipinski definition) is 1. The first-order chi connectivity index (χ1) is 5.72. The van der Waals surface area contributed by atoms with Crippen molar-refractivity contribution in [2.45, 2.75) is 52.0 Å². The maximum Gasteiger partial charge on any atom is 0.217 e. The number of carbonyl (C=O) groups is 1. The number of nitrogens with one attached hydrogen (secondary N) is 1. The highest BCUT2D eigenvalue weighted by Crippen LogP contribution is 2.26. The number of amides is 1. The molecule has 0 bridgehead atoms. The molecule has 2 nitrogen and oxygen atoms in total. The Labute approximate surface area is 74.7 Å². The lowest BCUT2D eigenvalue weighted by atomic mass is 9.84. The Balaban J connectivity index is 2.21. The second kappa shape index (κ2) is 4.48. The third-order valence-electron chi connectivity index (χ3n) is 2.83. The van der Waals surface area contributed by atoms with Crippen LogP contribution in [0.15, 0.2) is 0 Å². The van der Waals surface area contributed by atoms with Crippen LogP contribution >= 0.6 is 0 Å². The third kappa shape index (κ3) is 2.84. The van der Waals surface area contributed by atoms with Crippen molar-refractivity contribution in [3.63, 3.8) is 0 Å². The second-order valence-electron chi connectivity index (χ2n) is 3.83. The van der Waals surface area contributed by atoms with Crippen LogP contribution < -0.4 is 5.32 Å². The molecule has 1 fully saturated rings. The molecule has 1 aliphatic carbocycles. The lowest BCUT2D eigenvalue weighted by Crippen LogP contribution is -2.36. The van der Waals surface area contributed by atoms with Gasteiger partial charge in [-0.2, -0.15) is 0 Å². The molecule has 2 heteroatoms. The van der Waals surface area contributed by atoms with E-state index in [1.54, 1.807) is 6.92 Å². The molecule has 1 N–H and O–H groups in total. The van der Waals surface area contributed by atoms with E-state index in [2.05, 4.69) is 12.2 Å². The maximum atomic E-state index is 10.8. The Kier molecular flexibility index (Phi) is 3.57. The minimum Gasteiger partial charge on any atom is -0.354 e. The van der Waals surface area contributed by atoms with Gasteiger partial charge in [-0.3, -0.25) is 4.79 Å². The number of hydrogen-bond acceptors (Lipinski definition) is 1. The predicted octanol–water partition coefficient (Wildman–Crippen LogP) is 2.09. The fraction of sp³-hybridized carbons (Fsp3) is 0.900. The average molecular weight is 169 g/mol. The van der Waals surface area contributed by atoms with Gasteiger partial charge in [0.05, 0.1) is 0 Å². The average Bonchev–Trinajstić information content (AvgIpc) is 2.05.